The van der Waals surface area contributed by atoms with Gasteiger partial charge in [0.05, 0.1) is 11.6 Å². The highest BCUT2D eigenvalue weighted by atomic mass is 79.9. The SMILES string of the molecule is Cc1ccc(CNc2cc(Br)cc(C#N)c2)cn1. The van der Waals surface area contributed by atoms with Crippen molar-refractivity contribution in [3.8, 4) is 6.07 Å². The first-order valence-electron chi connectivity index (χ1n) is 5.53. The summed E-state index contributed by atoms with van der Waals surface area (Å²) < 4.78 is 0.895. The number of anilines is 1. The summed E-state index contributed by atoms with van der Waals surface area (Å²) in [5, 5.41) is 12.2. The lowest BCUT2D eigenvalue weighted by molar-refractivity contribution is 1.08. The summed E-state index contributed by atoms with van der Waals surface area (Å²) in [7, 11) is 0. The fraction of sp³-hybridized carbons (Fsp3) is 0.143. The average Bonchev–Trinajstić information content (AvgIpc) is 2.37. The van der Waals surface area contributed by atoms with Gasteiger partial charge in [0, 0.05) is 28.6 Å². The number of aromatic nitrogens is 1. The number of nitriles is 1. The van der Waals surface area contributed by atoms with Gasteiger partial charge in [0.2, 0.25) is 0 Å². The third-order valence-corrected chi connectivity index (χ3v) is 2.95. The Morgan fingerprint density at radius 1 is 1.33 bits per heavy atom. The quantitative estimate of drug-likeness (QED) is 0.941. The molecule has 18 heavy (non-hydrogen) atoms. The zero-order valence-corrected chi connectivity index (χ0v) is 11.5. The normalized spacial score (nSPS) is 9.83. The van der Waals surface area contributed by atoms with Crippen molar-refractivity contribution in [1.82, 2.24) is 4.98 Å². The molecule has 0 spiro atoms. The molecule has 0 aliphatic rings. The van der Waals surface area contributed by atoms with Crippen LogP contribution in [0.2, 0.25) is 0 Å². The molecule has 0 aliphatic carbocycles. The number of nitrogens with zero attached hydrogens (tertiary/aromatic N) is 2. The molecule has 0 saturated carbocycles. The Balaban J connectivity index is 2.08. The highest BCUT2D eigenvalue weighted by Gasteiger charge is 1.99. The molecular formula is C14H12BrN3. The van der Waals surface area contributed by atoms with Gasteiger partial charge in [-0.25, -0.2) is 0 Å². The van der Waals surface area contributed by atoms with E-state index in [4.69, 9.17) is 5.26 Å². The molecule has 1 aromatic heterocycles. The fourth-order valence-corrected chi connectivity index (χ4v) is 2.06. The fourth-order valence-electron chi connectivity index (χ4n) is 1.56. The molecule has 0 saturated heterocycles. The summed E-state index contributed by atoms with van der Waals surface area (Å²) in [6.45, 7) is 2.65. The van der Waals surface area contributed by atoms with Crippen LogP contribution >= 0.6 is 15.9 Å². The van der Waals surface area contributed by atoms with Crippen molar-refractivity contribution in [3.63, 3.8) is 0 Å². The van der Waals surface area contributed by atoms with E-state index in [9.17, 15) is 0 Å². The van der Waals surface area contributed by atoms with E-state index in [1.54, 1.807) is 6.07 Å². The number of benzene rings is 1. The van der Waals surface area contributed by atoms with Gasteiger partial charge in [-0.2, -0.15) is 5.26 Å². The van der Waals surface area contributed by atoms with Crippen LogP contribution in [0.5, 0.6) is 0 Å². The van der Waals surface area contributed by atoms with E-state index >= 15 is 0 Å². The van der Waals surface area contributed by atoms with E-state index in [1.165, 1.54) is 0 Å². The minimum Gasteiger partial charge on any atom is -0.381 e. The predicted molar refractivity (Wildman–Crippen MR) is 75.2 cm³/mol. The molecule has 1 N–H and O–H groups in total. The molecule has 2 aromatic rings. The molecule has 1 heterocycles. The predicted octanol–water partition coefficient (Wildman–Crippen LogP) is 3.64. The van der Waals surface area contributed by atoms with E-state index in [0.717, 1.165) is 21.4 Å². The van der Waals surface area contributed by atoms with Crippen LogP contribution in [-0.4, -0.2) is 4.98 Å². The first-order chi connectivity index (χ1) is 8.67. The first kappa shape index (κ1) is 12.6. The molecule has 0 unspecified atom stereocenters. The van der Waals surface area contributed by atoms with Crippen LogP contribution < -0.4 is 5.32 Å². The van der Waals surface area contributed by atoms with Crippen molar-refractivity contribution >= 4 is 21.6 Å². The van der Waals surface area contributed by atoms with Crippen molar-refractivity contribution < 1.29 is 0 Å². The minimum absolute atomic E-state index is 0.633. The van der Waals surface area contributed by atoms with Crippen LogP contribution in [0.25, 0.3) is 0 Å². The van der Waals surface area contributed by atoms with E-state index in [1.807, 2.05) is 37.4 Å². The van der Waals surface area contributed by atoms with Crippen LogP contribution in [-0.2, 0) is 6.54 Å². The van der Waals surface area contributed by atoms with Gasteiger partial charge in [-0.1, -0.05) is 22.0 Å². The Hall–Kier alpha value is -1.86. The molecule has 2 rings (SSSR count). The second-order valence-corrected chi connectivity index (χ2v) is 4.92. The van der Waals surface area contributed by atoms with Crippen molar-refractivity contribution in [2.24, 2.45) is 0 Å². The number of pyridine rings is 1. The molecule has 0 radical (unpaired) electrons. The Bertz CT molecular complexity index is 585. The van der Waals surface area contributed by atoms with Crippen LogP contribution in [0.1, 0.15) is 16.8 Å². The molecule has 3 nitrogen and oxygen atoms in total. The topological polar surface area (TPSA) is 48.7 Å². The van der Waals surface area contributed by atoms with Crippen molar-refractivity contribution in [3.05, 3.63) is 57.8 Å². The van der Waals surface area contributed by atoms with Gasteiger partial charge in [-0.15, -0.1) is 0 Å². The molecule has 0 bridgehead atoms. The zero-order chi connectivity index (χ0) is 13.0. The van der Waals surface area contributed by atoms with Gasteiger partial charge >= 0.3 is 0 Å². The third-order valence-electron chi connectivity index (χ3n) is 2.50. The monoisotopic (exact) mass is 301 g/mol. The number of hydrogen-bond donors (Lipinski definition) is 1. The second kappa shape index (κ2) is 5.65. The number of aryl methyl sites for hydroxylation is 1. The third kappa shape index (κ3) is 3.31. The molecule has 0 fully saturated rings. The van der Waals surface area contributed by atoms with Crippen LogP contribution in [0, 0.1) is 18.3 Å². The lowest BCUT2D eigenvalue weighted by atomic mass is 10.2. The molecule has 4 heteroatoms. The smallest absolute Gasteiger partial charge is 0.0992 e. The Kier molecular flexibility index (Phi) is 3.96. The summed E-state index contributed by atoms with van der Waals surface area (Å²) in [5.41, 5.74) is 3.67. The Morgan fingerprint density at radius 3 is 2.83 bits per heavy atom. The molecule has 0 atom stereocenters. The summed E-state index contributed by atoms with van der Waals surface area (Å²) in [4.78, 5) is 4.24. The van der Waals surface area contributed by atoms with Gasteiger partial charge in [0.25, 0.3) is 0 Å². The van der Waals surface area contributed by atoms with Gasteiger partial charge in [-0.3, -0.25) is 4.98 Å². The second-order valence-electron chi connectivity index (χ2n) is 4.00. The maximum Gasteiger partial charge on any atom is 0.0992 e. The first-order valence-corrected chi connectivity index (χ1v) is 6.33. The molecule has 0 aliphatic heterocycles. The summed E-state index contributed by atoms with van der Waals surface area (Å²) in [5.74, 6) is 0. The molecule has 1 aromatic carbocycles. The lowest BCUT2D eigenvalue weighted by Gasteiger charge is -2.07. The van der Waals surface area contributed by atoms with Gasteiger partial charge in [0.15, 0.2) is 0 Å². The van der Waals surface area contributed by atoms with Gasteiger partial charge in [-0.05, 0) is 36.8 Å². The van der Waals surface area contributed by atoms with Crippen molar-refractivity contribution in [1.29, 1.82) is 5.26 Å². The number of hydrogen-bond acceptors (Lipinski definition) is 3. The van der Waals surface area contributed by atoms with Crippen LogP contribution in [0.15, 0.2) is 41.0 Å². The highest BCUT2D eigenvalue weighted by molar-refractivity contribution is 9.10. The summed E-state index contributed by atoms with van der Waals surface area (Å²) in [6.07, 6.45) is 1.85. The number of halogens is 1. The highest BCUT2D eigenvalue weighted by Crippen LogP contribution is 2.19. The average molecular weight is 302 g/mol. The molecule has 0 amide bonds. The van der Waals surface area contributed by atoms with E-state index in [0.29, 0.717) is 12.1 Å². The van der Waals surface area contributed by atoms with Crippen molar-refractivity contribution in [2.45, 2.75) is 13.5 Å². The van der Waals surface area contributed by atoms with Gasteiger partial charge in [0.1, 0.15) is 0 Å². The summed E-state index contributed by atoms with van der Waals surface area (Å²) in [6, 6.07) is 11.7. The standard InChI is InChI=1S/C14H12BrN3/c1-10-2-3-11(8-17-10)9-18-14-5-12(7-16)4-13(15)6-14/h2-6,8,18H,9H2,1H3. The van der Waals surface area contributed by atoms with Crippen LogP contribution in [0.3, 0.4) is 0 Å². The van der Waals surface area contributed by atoms with Gasteiger partial charge < -0.3 is 5.32 Å². The van der Waals surface area contributed by atoms with E-state index < -0.39 is 0 Å². The molecule has 90 valence electrons. The zero-order valence-electron chi connectivity index (χ0n) is 9.94. The number of nitrogens with one attached hydrogen (secondary N) is 1. The van der Waals surface area contributed by atoms with E-state index in [-0.39, 0.29) is 0 Å². The minimum atomic E-state index is 0.633. The van der Waals surface area contributed by atoms with E-state index in [2.05, 4.69) is 32.3 Å². The Morgan fingerprint density at radius 2 is 2.17 bits per heavy atom. The Labute approximate surface area is 115 Å². The number of rotatable bonds is 3. The largest absolute Gasteiger partial charge is 0.381 e. The molecular weight excluding hydrogens is 290 g/mol. The maximum atomic E-state index is 8.89. The van der Waals surface area contributed by atoms with Crippen molar-refractivity contribution in [2.75, 3.05) is 5.32 Å². The lowest BCUT2D eigenvalue weighted by Crippen LogP contribution is -2.00. The summed E-state index contributed by atoms with van der Waals surface area (Å²) >= 11 is 3.39. The maximum absolute atomic E-state index is 8.89. The van der Waals surface area contributed by atoms with Crippen LogP contribution in [0.4, 0.5) is 5.69 Å².